The summed E-state index contributed by atoms with van der Waals surface area (Å²) in [7, 11) is 1.16. The van der Waals surface area contributed by atoms with E-state index in [4.69, 9.17) is 14.2 Å². The van der Waals surface area contributed by atoms with E-state index in [0.29, 0.717) is 12.8 Å². The molecule has 3 rings (SSSR count). The molecule has 0 aromatic carbocycles. The SMILES string of the molecule is COC(=O)C[C@](C)(O)CC(=O)OC[C@H]1O[C@@H](O[C@H]2C[C@H]3[C@H](O)C[C@]2(C)C3(C)C)[C@H](O)[C@@H](O)[C@@H]1O. The van der Waals surface area contributed by atoms with Crippen molar-refractivity contribution >= 4 is 11.9 Å². The normalized spacial score (nSPS) is 42.8. The lowest BCUT2D eigenvalue weighted by atomic mass is 9.70. The van der Waals surface area contributed by atoms with Crippen LogP contribution in [0, 0.1) is 16.7 Å². The molecular weight excluding hydrogens is 452 g/mol. The monoisotopic (exact) mass is 490 g/mol. The molecule has 0 aromatic rings. The van der Waals surface area contributed by atoms with Crippen LogP contribution in [-0.2, 0) is 28.5 Å². The summed E-state index contributed by atoms with van der Waals surface area (Å²) in [4.78, 5) is 23.5. The first-order valence-corrected chi connectivity index (χ1v) is 11.6. The summed E-state index contributed by atoms with van der Waals surface area (Å²) < 4.78 is 21.4. The molecule has 2 aliphatic carbocycles. The van der Waals surface area contributed by atoms with Gasteiger partial charge in [0, 0.05) is 5.41 Å². The topological polar surface area (TPSA) is 172 Å². The number of carbonyl (C=O) groups is 2. The number of hydrogen-bond acceptors (Lipinski definition) is 11. The molecule has 0 spiro atoms. The standard InChI is InChI=1S/C23H38O11/c1-21(2)11-6-14(23(21,4)7-12(11)24)34-20-19(29)18(28)17(27)13(33-20)10-32-16(26)9-22(3,30)8-15(25)31-5/h11-14,17-20,24,27-30H,6-10H2,1-5H3/t11-,12+,13+,14-,17+,18-,19+,20-,22-,23-/m0/s1. The molecule has 196 valence electrons. The van der Waals surface area contributed by atoms with Crippen molar-refractivity contribution in [1.82, 2.24) is 0 Å². The molecule has 1 saturated heterocycles. The van der Waals surface area contributed by atoms with Gasteiger partial charge in [-0.2, -0.15) is 0 Å². The second-order valence-corrected chi connectivity index (χ2v) is 11.0. The van der Waals surface area contributed by atoms with Gasteiger partial charge in [-0.15, -0.1) is 0 Å². The molecule has 3 aliphatic rings. The smallest absolute Gasteiger partial charge is 0.308 e. The maximum Gasteiger partial charge on any atom is 0.308 e. The van der Waals surface area contributed by atoms with Crippen LogP contribution in [-0.4, -0.2) is 99.7 Å². The van der Waals surface area contributed by atoms with Crippen molar-refractivity contribution in [3.8, 4) is 0 Å². The average molecular weight is 491 g/mol. The number of ether oxygens (including phenoxy) is 4. The van der Waals surface area contributed by atoms with Gasteiger partial charge < -0.3 is 44.5 Å². The molecule has 0 radical (unpaired) electrons. The molecule has 10 atom stereocenters. The van der Waals surface area contributed by atoms with E-state index in [1.807, 2.05) is 6.92 Å². The number of carbonyl (C=O) groups excluding carboxylic acids is 2. The number of fused-ring (bicyclic) bond motifs is 2. The third-order valence-corrected chi connectivity index (χ3v) is 8.33. The highest BCUT2D eigenvalue weighted by molar-refractivity contribution is 5.74. The predicted octanol–water partition coefficient (Wildman–Crippen LogP) is -0.756. The first kappa shape index (κ1) is 27.3. The summed E-state index contributed by atoms with van der Waals surface area (Å²) >= 11 is 0. The Kier molecular flexibility index (Phi) is 7.70. The Morgan fingerprint density at radius 3 is 2.18 bits per heavy atom. The summed E-state index contributed by atoms with van der Waals surface area (Å²) in [6.07, 6.45) is -7.76. The summed E-state index contributed by atoms with van der Waals surface area (Å²) in [5.41, 5.74) is -2.27. The second-order valence-electron chi connectivity index (χ2n) is 11.0. The predicted molar refractivity (Wildman–Crippen MR) is 115 cm³/mol. The Morgan fingerprint density at radius 2 is 1.65 bits per heavy atom. The lowest BCUT2D eigenvalue weighted by molar-refractivity contribution is -0.320. The van der Waals surface area contributed by atoms with E-state index in [9.17, 15) is 35.1 Å². The van der Waals surface area contributed by atoms with Crippen molar-refractivity contribution < 1.29 is 54.1 Å². The first-order chi connectivity index (χ1) is 15.6. The Labute approximate surface area is 198 Å². The molecular formula is C23H38O11. The van der Waals surface area contributed by atoms with Gasteiger partial charge in [0.1, 0.15) is 31.0 Å². The maximum atomic E-state index is 12.2. The molecule has 0 amide bonds. The zero-order valence-electron chi connectivity index (χ0n) is 20.3. The third-order valence-electron chi connectivity index (χ3n) is 8.33. The second kappa shape index (κ2) is 9.61. The fraction of sp³-hybridized carbons (Fsp3) is 0.913. The molecule has 1 aliphatic heterocycles. The zero-order valence-corrected chi connectivity index (χ0v) is 20.3. The van der Waals surface area contributed by atoms with E-state index < -0.39 is 73.8 Å². The Balaban J connectivity index is 1.60. The molecule has 3 fully saturated rings. The van der Waals surface area contributed by atoms with Gasteiger partial charge >= 0.3 is 11.9 Å². The number of aliphatic hydroxyl groups is 5. The number of methoxy groups -OCH3 is 1. The minimum atomic E-state index is -1.69. The molecule has 2 saturated carbocycles. The molecule has 11 nitrogen and oxygen atoms in total. The van der Waals surface area contributed by atoms with Crippen molar-refractivity contribution in [2.45, 2.75) is 102 Å². The van der Waals surface area contributed by atoms with Crippen molar-refractivity contribution in [2.75, 3.05) is 13.7 Å². The first-order valence-electron chi connectivity index (χ1n) is 11.6. The molecule has 34 heavy (non-hydrogen) atoms. The van der Waals surface area contributed by atoms with Crippen LogP contribution in [0.5, 0.6) is 0 Å². The van der Waals surface area contributed by atoms with Gasteiger partial charge in [-0.05, 0) is 31.1 Å². The molecule has 0 aromatic heterocycles. The fourth-order valence-corrected chi connectivity index (χ4v) is 5.75. The van der Waals surface area contributed by atoms with Crippen molar-refractivity contribution in [2.24, 2.45) is 16.7 Å². The van der Waals surface area contributed by atoms with Crippen LogP contribution in [0.2, 0.25) is 0 Å². The summed E-state index contributed by atoms with van der Waals surface area (Å²) in [5.74, 6) is -1.52. The Hall–Kier alpha value is -1.34. The van der Waals surface area contributed by atoms with Crippen molar-refractivity contribution in [3.05, 3.63) is 0 Å². The number of aliphatic hydroxyl groups excluding tert-OH is 4. The van der Waals surface area contributed by atoms with Crippen LogP contribution in [0.1, 0.15) is 53.4 Å². The number of hydrogen-bond donors (Lipinski definition) is 5. The molecule has 11 heteroatoms. The van der Waals surface area contributed by atoms with Gasteiger partial charge in [0.15, 0.2) is 6.29 Å². The lowest BCUT2D eigenvalue weighted by Gasteiger charge is -2.44. The van der Waals surface area contributed by atoms with Crippen LogP contribution in [0.3, 0.4) is 0 Å². The van der Waals surface area contributed by atoms with Crippen molar-refractivity contribution in [1.29, 1.82) is 0 Å². The van der Waals surface area contributed by atoms with E-state index in [1.54, 1.807) is 0 Å². The highest BCUT2D eigenvalue weighted by Crippen LogP contribution is 2.66. The Morgan fingerprint density at radius 1 is 1.03 bits per heavy atom. The van der Waals surface area contributed by atoms with Crippen LogP contribution in [0.4, 0.5) is 0 Å². The van der Waals surface area contributed by atoms with Crippen molar-refractivity contribution in [3.63, 3.8) is 0 Å². The average Bonchev–Trinajstić information content (AvgIpc) is 3.02. The van der Waals surface area contributed by atoms with Crippen LogP contribution in [0.15, 0.2) is 0 Å². The van der Waals surface area contributed by atoms with Gasteiger partial charge in [-0.1, -0.05) is 20.8 Å². The van der Waals surface area contributed by atoms with Gasteiger partial charge in [0.2, 0.25) is 0 Å². The zero-order chi connectivity index (χ0) is 25.6. The number of rotatable bonds is 8. The minimum absolute atomic E-state index is 0.0216. The minimum Gasteiger partial charge on any atom is -0.469 e. The maximum absolute atomic E-state index is 12.2. The largest absolute Gasteiger partial charge is 0.469 e. The van der Waals surface area contributed by atoms with E-state index in [-0.39, 0.29) is 22.9 Å². The van der Waals surface area contributed by atoms with E-state index >= 15 is 0 Å². The summed E-state index contributed by atoms with van der Waals surface area (Å²) in [6.45, 7) is 6.99. The molecule has 5 N–H and O–H groups in total. The summed E-state index contributed by atoms with van der Waals surface area (Å²) in [6, 6.07) is 0. The third kappa shape index (κ3) is 4.97. The highest BCUT2D eigenvalue weighted by Gasteiger charge is 2.66. The van der Waals surface area contributed by atoms with Gasteiger partial charge in [0.25, 0.3) is 0 Å². The summed E-state index contributed by atoms with van der Waals surface area (Å²) in [5, 5.41) is 51.7. The van der Waals surface area contributed by atoms with E-state index in [1.165, 1.54) is 6.92 Å². The van der Waals surface area contributed by atoms with Crippen LogP contribution in [0.25, 0.3) is 0 Å². The highest BCUT2D eigenvalue weighted by atomic mass is 16.7. The molecule has 2 bridgehead atoms. The van der Waals surface area contributed by atoms with Crippen LogP contribution < -0.4 is 0 Å². The molecule has 1 heterocycles. The molecule has 0 unspecified atom stereocenters. The van der Waals surface area contributed by atoms with E-state index in [0.717, 1.165) is 7.11 Å². The van der Waals surface area contributed by atoms with E-state index in [2.05, 4.69) is 18.6 Å². The number of esters is 2. The van der Waals surface area contributed by atoms with Gasteiger partial charge in [-0.3, -0.25) is 9.59 Å². The van der Waals surface area contributed by atoms with Gasteiger partial charge in [-0.25, -0.2) is 0 Å². The quantitative estimate of drug-likeness (QED) is 0.271. The Bertz CT molecular complexity index is 768. The lowest BCUT2D eigenvalue weighted by Crippen LogP contribution is -2.60. The fourth-order valence-electron chi connectivity index (χ4n) is 5.75. The van der Waals surface area contributed by atoms with Crippen LogP contribution >= 0.6 is 0 Å². The van der Waals surface area contributed by atoms with Gasteiger partial charge in [0.05, 0.1) is 37.8 Å².